The van der Waals surface area contributed by atoms with Crippen molar-refractivity contribution in [3.05, 3.63) is 59.7 Å². The Kier molecular flexibility index (Phi) is 5.39. The molecule has 5 heteroatoms. The Morgan fingerprint density at radius 1 is 1.08 bits per heavy atom. The van der Waals surface area contributed by atoms with Crippen LogP contribution in [0.15, 0.2) is 48.5 Å². The highest BCUT2D eigenvalue weighted by atomic mass is 16.6. The summed E-state index contributed by atoms with van der Waals surface area (Å²) in [5.41, 5.74) is 2.78. The second-order valence-corrected chi connectivity index (χ2v) is 6.94. The highest BCUT2D eigenvalue weighted by Crippen LogP contribution is 2.30. The van der Waals surface area contributed by atoms with Crippen LogP contribution in [0.4, 0.5) is 0 Å². The Balaban J connectivity index is 1.19. The summed E-state index contributed by atoms with van der Waals surface area (Å²) in [6, 6.07) is 16.2. The van der Waals surface area contributed by atoms with Crippen LogP contribution >= 0.6 is 0 Å². The van der Waals surface area contributed by atoms with E-state index in [4.69, 9.17) is 14.2 Å². The molecule has 2 aromatic carbocycles. The highest BCUT2D eigenvalue weighted by molar-refractivity contribution is 5.40. The van der Waals surface area contributed by atoms with Crippen LogP contribution in [0.3, 0.4) is 0 Å². The fourth-order valence-corrected chi connectivity index (χ4v) is 3.54. The molecular weight excluding hydrogens is 330 g/mol. The SMILES string of the molecule is O[C@@H](COC[C@H]1COc2ccccc2O1)CN1CCc2ccccc2C1. The lowest BCUT2D eigenvalue weighted by molar-refractivity contribution is -0.0298. The lowest BCUT2D eigenvalue weighted by Crippen LogP contribution is -2.39. The van der Waals surface area contributed by atoms with Gasteiger partial charge in [-0.2, -0.15) is 0 Å². The van der Waals surface area contributed by atoms with Crippen molar-refractivity contribution in [2.75, 3.05) is 32.9 Å². The van der Waals surface area contributed by atoms with Crippen LogP contribution in [-0.4, -0.2) is 55.1 Å². The average Bonchev–Trinajstić information content (AvgIpc) is 2.68. The van der Waals surface area contributed by atoms with Crippen molar-refractivity contribution in [3.63, 3.8) is 0 Å². The van der Waals surface area contributed by atoms with Crippen LogP contribution in [0.2, 0.25) is 0 Å². The largest absolute Gasteiger partial charge is 0.486 e. The van der Waals surface area contributed by atoms with E-state index in [-0.39, 0.29) is 6.10 Å². The zero-order valence-corrected chi connectivity index (χ0v) is 14.8. The molecular formula is C21H25NO4. The molecule has 2 aliphatic heterocycles. The molecule has 0 aliphatic carbocycles. The molecule has 1 N–H and O–H groups in total. The van der Waals surface area contributed by atoms with Gasteiger partial charge in [0.05, 0.1) is 19.3 Å². The predicted molar refractivity (Wildman–Crippen MR) is 98.6 cm³/mol. The van der Waals surface area contributed by atoms with Gasteiger partial charge >= 0.3 is 0 Å². The Labute approximate surface area is 154 Å². The topological polar surface area (TPSA) is 51.2 Å². The van der Waals surface area contributed by atoms with Crippen molar-refractivity contribution in [1.82, 2.24) is 4.90 Å². The van der Waals surface area contributed by atoms with Gasteiger partial charge in [-0.15, -0.1) is 0 Å². The Hall–Kier alpha value is -2.08. The Morgan fingerprint density at radius 3 is 2.73 bits per heavy atom. The maximum Gasteiger partial charge on any atom is 0.161 e. The fraction of sp³-hybridized carbons (Fsp3) is 0.429. The van der Waals surface area contributed by atoms with Gasteiger partial charge in [0.2, 0.25) is 0 Å². The number of aliphatic hydroxyl groups is 1. The second kappa shape index (κ2) is 8.08. The first-order chi connectivity index (χ1) is 12.8. The normalized spacial score (nSPS) is 20.4. The van der Waals surface area contributed by atoms with Gasteiger partial charge in [0.1, 0.15) is 6.61 Å². The van der Waals surface area contributed by atoms with E-state index < -0.39 is 6.10 Å². The molecule has 0 bridgehead atoms. The van der Waals surface area contributed by atoms with Gasteiger partial charge in [-0.3, -0.25) is 4.90 Å². The third kappa shape index (κ3) is 4.18. The molecule has 0 spiro atoms. The number of para-hydroxylation sites is 2. The number of nitrogens with zero attached hydrogens (tertiary/aromatic N) is 1. The van der Waals surface area contributed by atoms with Crippen molar-refractivity contribution < 1.29 is 19.3 Å². The van der Waals surface area contributed by atoms with Crippen molar-refractivity contribution >= 4 is 0 Å². The first kappa shape index (κ1) is 17.3. The molecule has 26 heavy (non-hydrogen) atoms. The third-order valence-electron chi connectivity index (χ3n) is 4.86. The molecule has 0 fully saturated rings. The lowest BCUT2D eigenvalue weighted by atomic mass is 10.00. The van der Waals surface area contributed by atoms with Crippen molar-refractivity contribution in [2.24, 2.45) is 0 Å². The fourth-order valence-electron chi connectivity index (χ4n) is 3.54. The van der Waals surface area contributed by atoms with Crippen LogP contribution in [-0.2, 0) is 17.7 Å². The molecule has 0 saturated carbocycles. The van der Waals surface area contributed by atoms with Crippen LogP contribution < -0.4 is 9.47 Å². The molecule has 0 aromatic heterocycles. The molecule has 0 radical (unpaired) electrons. The number of hydrogen-bond acceptors (Lipinski definition) is 5. The zero-order chi connectivity index (χ0) is 17.8. The van der Waals surface area contributed by atoms with E-state index in [0.717, 1.165) is 31.0 Å². The molecule has 0 saturated heterocycles. The second-order valence-electron chi connectivity index (χ2n) is 6.94. The Morgan fingerprint density at radius 2 is 1.85 bits per heavy atom. The number of benzene rings is 2. The van der Waals surface area contributed by atoms with E-state index in [0.29, 0.717) is 26.4 Å². The van der Waals surface area contributed by atoms with Crippen LogP contribution in [0.25, 0.3) is 0 Å². The Bertz CT molecular complexity index is 735. The summed E-state index contributed by atoms with van der Waals surface area (Å²) in [7, 11) is 0. The summed E-state index contributed by atoms with van der Waals surface area (Å²) >= 11 is 0. The molecule has 2 atom stereocenters. The number of rotatable bonds is 6. The number of fused-ring (bicyclic) bond motifs is 2. The van der Waals surface area contributed by atoms with Gasteiger partial charge in [-0.25, -0.2) is 0 Å². The molecule has 2 aliphatic rings. The molecule has 138 valence electrons. The number of β-amino-alcohol motifs (C(OH)–C–C–N with tert-alkyl or cyclic N) is 1. The molecule has 0 unspecified atom stereocenters. The molecule has 2 heterocycles. The first-order valence-electron chi connectivity index (χ1n) is 9.21. The van der Waals surface area contributed by atoms with Gasteiger partial charge in [-0.05, 0) is 29.7 Å². The minimum absolute atomic E-state index is 0.140. The smallest absolute Gasteiger partial charge is 0.161 e. The summed E-state index contributed by atoms with van der Waals surface area (Å²) in [4.78, 5) is 2.28. The van der Waals surface area contributed by atoms with Crippen molar-refractivity contribution in [2.45, 2.75) is 25.2 Å². The lowest BCUT2D eigenvalue weighted by Gasteiger charge is -2.30. The summed E-state index contributed by atoms with van der Waals surface area (Å²) < 4.78 is 17.2. The third-order valence-corrected chi connectivity index (χ3v) is 4.86. The quantitative estimate of drug-likeness (QED) is 0.861. The van der Waals surface area contributed by atoms with Gasteiger partial charge in [0.25, 0.3) is 0 Å². The predicted octanol–water partition coefficient (Wildman–Crippen LogP) is 2.26. The summed E-state index contributed by atoms with van der Waals surface area (Å²) in [5, 5.41) is 10.3. The highest BCUT2D eigenvalue weighted by Gasteiger charge is 2.22. The molecule has 2 aromatic rings. The number of aliphatic hydroxyl groups excluding tert-OH is 1. The van der Waals surface area contributed by atoms with Gasteiger partial charge < -0.3 is 19.3 Å². The minimum Gasteiger partial charge on any atom is -0.486 e. The van der Waals surface area contributed by atoms with E-state index in [9.17, 15) is 5.11 Å². The van der Waals surface area contributed by atoms with E-state index >= 15 is 0 Å². The number of ether oxygens (including phenoxy) is 3. The van der Waals surface area contributed by atoms with Gasteiger partial charge in [0.15, 0.2) is 17.6 Å². The van der Waals surface area contributed by atoms with Gasteiger partial charge in [0, 0.05) is 19.6 Å². The molecule has 4 rings (SSSR count). The van der Waals surface area contributed by atoms with E-state index in [1.807, 2.05) is 24.3 Å². The first-order valence-corrected chi connectivity index (χ1v) is 9.21. The summed E-state index contributed by atoms with van der Waals surface area (Å²) in [5.74, 6) is 1.52. The molecule has 5 nitrogen and oxygen atoms in total. The van der Waals surface area contributed by atoms with Crippen molar-refractivity contribution in [3.8, 4) is 11.5 Å². The average molecular weight is 355 g/mol. The van der Waals surface area contributed by atoms with E-state index in [1.165, 1.54) is 11.1 Å². The standard InChI is InChI=1S/C21H25NO4/c23-18(12-22-10-9-16-5-1-2-6-17(16)11-22)13-24-14-19-15-25-20-7-3-4-8-21(20)26-19/h1-8,18-19,23H,9-15H2/t18-,19+/m1/s1. The molecule has 0 amide bonds. The maximum atomic E-state index is 10.3. The monoisotopic (exact) mass is 355 g/mol. The van der Waals surface area contributed by atoms with Crippen LogP contribution in [0.5, 0.6) is 11.5 Å². The number of hydrogen-bond donors (Lipinski definition) is 1. The summed E-state index contributed by atoms with van der Waals surface area (Å²) in [6.07, 6.45) is 0.396. The minimum atomic E-state index is -0.503. The van der Waals surface area contributed by atoms with Gasteiger partial charge in [-0.1, -0.05) is 36.4 Å². The maximum absolute atomic E-state index is 10.3. The summed E-state index contributed by atoms with van der Waals surface area (Å²) in [6.45, 7) is 3.68. The zero-order valence-electron chi connectivity index (χ0n) is 14.8. The van der Waals surface area contributed by atoms with Crippen LogP contribution in [0, 0.1) is 0 Å². The van der Waals surface area contributed by atoms with Crippen molar-refractivity contribution in [1.29, 1.82) is 0 Å². The van der Waals surface area contributed by atoms with Crippen LogP contribution in [0.1, 0.15) is 11.1 Å². The van der Waals surface area contributed by atoms with E-state index in [1.54, 1.807) is 0 Å². The van der Waals surface area contributed by atoms with E-state index in [2.05, 4.69) is 29.2 Å².